The number of hydrogen-bond acceptors (Lipinski definition) is 6. The quantitative estimate of drug-likeness (QED) is 0.0199. The Bertz CT molecular complexity index is 1210. The Balaban J connectivity index is 4.36. The molecule has 0 heterocycles. The lowest BCUT2D eigenvalue weighted by Crippen LogP contribution is -2.30. The number of carbonyl (C=O) groups excluding carboxylic acids is 3. The molecule has 0 aliphatic heterocycles. The highest BCUT2D eigenvalue weighted by Crippen LogP contribution is 2.16. The van der Waals surface area contributed by atoms with Crippen LogP contribution in [0.4, 0.5) is 0 Å². The van der Waals surface area contributed by atoms with Gasteiger partial charge >= 0.3 is 17.9 Å². The molecule has 388 valence electrons. The van der Waals surface area contributed by atoms with Crippen molar-refractivity contribution >= 4 is 17.9 Å². The lowest BCUT2D eigenvalue weighted by molar-refractivity contribution is -0.167. The van der Waals surface area contributed by atoms with Gasteiger partial charge in [0.15, 0.2) is 6.10 Å². The second kappa shape index (κ2) is 55.7. The van der Waals surface area contributed by atoms with Crippen LogP contribution in [0.2, 0.25) is 0 Å². The second-order valence-electron chi connectivity index (χ2n) is 19.3. The molecule has 1 unspecified atom stereocenters. The van der Waals surface area contributed by atoms with Crippen LogP contribution in [0, 0.1) is 0 Å². The van der Waals surface area contributed by atoms with E-state index in [1.807, 2.05) is 30.4 Å². The SMILES string of the molecule is CC/C=C/C=C/C=C/C=C/CCCCCC(=O)OCC(COC(=O)CCCCCCCCCCCCCCCCCCCCC)OC(=O)CCCCCCCCC/C=C/CCCCCCCC. The molecule has 6 heteroatoms. The summed E-state index contributed by atoms with van der Waals surface area (Å²) in [6, 6.07) is 0. The molecule has 0 saturated carbocycles. The normalized spacial score (nSPS) is 12.5. The maximum absolute atomic E-state index is 12.8. The zero-order valence-electron chi connectivity index (χ0n) is 44.4. The molecule has 0 amide bonds. The van der Waals surface area contributed by atoms with Crippen LogP contribution in [-0.2, 0) is 28.6 Å². The molecule has 0 N–H and O–H groups in total. The van der Waals surface area contributed by atoms with Crippen molar-refractivity contribution in [3.63, 3.8) is 0 Å². The molecule has 0 aliphatic carbocycles. The van der Waals surface area contributed by atoms with Crippen molar-refractivity contribution in [2.45, 2.75) is 297 Å². The Kier molecular flexibility index (Phi) is 53.3. The minimum absolute atomic E-state index is 0.0861. The molecular formula is C61H108O6. The molecule has 0 aliphatic rings. The van der Waals surface area contributed by atoms with Gasteiger partial charge in [-0.05, 0) is 64.2 Å². The van der Waals surface area contributed by atoms with E-state index in [-0.39, 0.29) is 31.1 Å². The van der Waals surface area contributed by atoms with E-state index in [0.717, 1.165) is 70.6 Å². The highest BCUT2D eigenvalue weighted by Gasteiger charge is 2.19. The van der Waals surface area contributed by atoms with Gasteiger partial charge in [-0.2, -0.15) is 0 Å². The van der Waals surface area contributed by atoms with Gasteiger partial charge in [-0.1, -0.05) is 268 Å². The first kappa shape index (κ1) is 64.1. The van der Waals surface area contributed by atoms with E-state index >= 15 is 0 Å². The Hall–Kier alpha value is -2.89. The van der Waals surface area contributed by atoms with Crippen LogP contribution in [0.25, 0.3) is 0 Å². The number of allylic oxidation sites excluding steroid dienone is 10. The standard InChI is InChI=1S/C61H108O6/c1-4-7-10-13-16-19-22-25-27-29-30-32-33-36-39-42-45-48-51-54-60(63)66-57-58(56-65-59(62)53-50-47-44-41-38-35-24-21-18-15-12-9-6-3)67-61(64)55-52-49-46-43-40-37-34-31-28-26-23-20-17-14-11-8-5-2/h9,12,15,18,21,24,26,28,35,38,58H,4-8,10-11,13-14,16-17,19-20,22-23,25,27,29-34,36-37,39-57H2,1-3H3/b12-9+,18-15+,24-21+,28-26+,38-35+. The zero-order chi connectivity index (χ0) is 48.6. The van der Waals surface area contributed by atoms with Crippen LogP contribution in [-0.4, -0.2) is 37.2 Å². The fourth-order valence-corrected chi connectivity index (χ4v) is 8.27. The monoisotopic (exact) mass is 937 g/mol. The van der Waals surface area contributed by atoms with Crippen LogP contribution < -0.4 is 0 Å². The summed E-state index contributed by atoms with van der Waals surface area (Å²) in [5, 5.41) is 0. The molecule has 0 radical (unpaired) electrons. The first-order chi connectivity index (χ1) is 33.0. The fraction of sp³-hybridized carbons (Fsp3) is 0.787. The maximum atomic E-state index is 12.8. The molecule has 0 aromatic rings. The van der Waals surface area contributed by atoms with E-state index in [0.29, 0.717) is 19.3 Å². The second-order valence-corrected chi connectivity index (χ2v) is 19.3. The van der Waals surface area contributed by atoms with Gasteiger partial charge in [-0.15, -0.1) is 0 Å². The van der Waals surface area contributed by atoms with Crippen molar-refractivity contribution in [1.82, 2.24) is 0 Å². The molecule has 0 spiro atoms. The third-order valence-electron chi connectivity index (χ3n) is 12.6. The zero-order valence-corrected chi connectivity index (χ0v) is 44.4. The molecule has 0 saturated heterocycles. The third-order valence-corrected chi connectivity index (χ3v) is 12.6. The average molecular weight is 938 g/mol. The van der Waals surface area contributed by atoms with Gasteiger partial charge in [0.2, 0.25) is 0 Å². The lowest BCUT2D eigenvalue weighted by atomic mass is 10.0. The number of unbranched alkanes of at least 4 members (excludes halogenated alkanes) is 34. The third kappa shape index (κ3) is 53.9. The topological polar surface area (TPSA) is 78.9 Å². The first-order valence-corrected chi connectivity index (χ1v) is 28.8. The summed E-state index contributed by atoms with van der Waals surface area (Å²) in [6.07, 6.45) is 69.3. The van der Waals surface area contributed by atoms with E-state index in [2.05, 4.69) is 51.2 Å². The van der Waals surface area contributed by atoms with Crippen molar-refractivity contribution in [2.24, 2.45) is 0 Å². The van der Waals surface area contributed by atoms with Gasteiger partial charge in [0.25, 0.3) is 0 Å². The maximum Gasteiger partial charge on any atom is 0.306 e. The van der Waals surface area contributed by atoms with Crippen LogP contribution in [0.1, 0.15) is 290 Å². The van der Waals surface area contributed by atoms with Crippen molar-refractivity contribution < 1.29 is 28.6 Å². The molecule has 0 bridgehead atoms. The predicted molar refractivity (Wildman–Crippen MR) is 288 cm³/mol. The Morgan fingerprint density at radius 2 is 0.597 bits per heavy atom. The molecule has 0 fully saturated rings. The summed E-state index contributed by atoms with van der Waals surface area (Å²) in [5.41, 5.74) is 0. The highest BCUT2D eigenvalue weighted by molar-refractivity contribution is 5.71. The van der Waals surface area contributed by atoms with E-state index in [1.165, 1.54) is 180 Å². The summed E-state index contributed by atoms with van der Waals surface area (Å²) in [7, 11) is 0. The average Bonchev–Trinajstić information content (AvgIpc) is 3.33. The van der Waals surface area contributed by atoms with Gasteiger partial charge in [-0.3, -0.25) is 14.4 Å². The molecule has 0 rings (SSSR count). The molecule has 67 heavy (non-hydrogen) atoms. The van der Waals surface area contributed by atoms with E-state index in [9.17, 15) is 14.4 Å². The predicted octanol–water partition coefficient (Wildman–Crippen LogP) is 19.2. The number of rotatable bonds is 52. The van der Waals surface area contributed by atoms with Gasteiger partial charge < -0.3 is 14.2 Å². The van der Waals surface area contributed by atoms with Gasteiger partial charge in [0, 0.05) is 19.3 Å². The Labute approximate surface area is 415 Å². The smallest absolute Gasteiger partial charge is 0.306 e. The van der Waals surface area contributed by atoms with Gasteiger partial charge in [0.1, 0.15) is 13.2 Å². The minimum atomic E-state index is -0.791. The largest absolute Gasteiger partial charge is 0.462 e. The number of esters is 3. The van der Waals surface area contributed by atoms with Crippen molar-refractivity contribution in [2.75, 3.05) is 13.2 Å². The van der Waals surface area contributed by atoms with E-state index in [1.54, 1.807) is 0 Å². The highest BCUT2D eigenvalue weighted by atomic mass is 16.6. The van der Waals surface area contributed by atoms with Crippen molar-refractivity contribution in [3.8, 4) is 0 Å². The summed E-state index contributed by atoms with van der Waals surface area (Å²) in [5.74, 6) is -0.919. The van der Waals surface area contributed by atoms with Gasteiger partial charge in [0.05, 0.1) is 0 Å². The van der Waals surface area contributed by atoms with Crippen molar-refractivity contribution in [1.29, 1.82) is 0 Å². The van der Waals surface area contributed by atoms with Crippen LogP contribution >= 0.6 is 0 Å². The van der Waals surface area contributed by atoms with E-state index < -0.39 is 6.10 Å². The molecule has 6 nitrogen and oxygen atoms in total. The summed E-state index contributed by atoms with van der Waals surface area (Å²) < 4.78 is 16.8. The van der Waals surface area contributed by atoms with E-state index in [4.69, 9.17) is 14.2 Å². The molecular weight excluding hydrogens is 829 g/mol. The molecule has 1 atom stereocenters. The molecule has 0 aromatic carbocycles. The Morgan fingerprint density at radius 3 is 0.970 bits per heavy atom. The number of ether oxygens (including phenoxy) is 3. The summed E-state index contributed by atoms with van der Waals surface area (Å²) in [4.78, 5) is 38.1. The van der Waals surface area contributed by atoms with Crippen LogP contribution in [0.15, 0.2) is 60.8 Å². The van der Waals surface area contributed by atoms with Crippen molar-refractivity contribution in [3.05, 3.63) is 60.8 Å². The molecule has 0 aromatic heterocycles. The van der Waals surface area contributed by atoms with Gasteiger partial charge in [-0.25, -0.2) is 0 Å². The minimum Gasteiger partial charge on any atom is -0.462 e. The number of carbonyl (C=O) groups is 3. The Morgan fingerprint density at radius 1 is 0.313 bits per heavy atom. The van der Waals surface area contributed by atoms with Crippen LogP contribution in [0.5, 0.6) is 0 Å². The fourth-order valence-electron chi connectivity index (χ4n) is 8.27. The number of hydrogen-bond donors (Lipinski definition) is 0. The first-order valence-electron chi connectivity index (χ1n) is 28.8. The summed E-state index contributed by atoms with van der Waals surface area (Å²) >= 11 is 0. The lowest BCUT2D eigenvalue weighted by Gasteiger charge is -2.18. The summed E-state index contributed by atoms with van der Waals surface area (Å²) in [6.45, 7) is 6.49. The van der Waals surface area contributed by atoms with Crippen LogP contribution in [0.3, 0.4) is 0 Å².